The van der Waals surface area contributed by atoms with E-state index in [9.17, 15) is 4.79 Å². The van der Waals surface area contributed by atoms with Crippen LogP contribution >= 0.6 is 10.5 Å². The van der Waals surface area contributed by atoms with Gasteiger partial charge < -0.3 is 18.7 Å². The van der Waals surface area contributed by atoms with E-state index in [4.69, 9.17) is 18.7 Å². The van der Waals surface area contributed by atoms with Crippen molar-refractivity contribution in [1.29, 1.82) is 0 Å². The maximum Gasteiger partial charge on any atom is 0.241 e. The summed E-state index contributed by atoms with van der Waals surface area (Å²) in [6, 6.07) is 1.80. The molecule has 182 valence electrons. The Bertz CT molecular complexity index is 777. The predicted molar refractivity (Wildman–Crippen MR) is 130 cm³/mol. The van der Waals surface area contributed by atoms with Crippen molar-refractivity contribution in [3.8, 4) is 0 Å². The van der Waals surface area contributed by atoms with Crippen LogP contribution in [0, 0.1) is 0 Å². The lowest BCUT2D eigenvalue weighted by Crippen LogP contribution is -2.38. The number of hydrogen-bond acceptors (Lipinski definition) is 6. The van der Waals surface area contributed by atoms with Crippen LogP contribution in [-0.2, 0) is 24.4 Å². The van der Waals surface area contributed by atoms with Gasteiger partial charge in [0, 0.05) is 30.4 Å². The number of anilines is 1. The number of nitrogens with zero attached hydrogens (tertiary/aromatic N) is 1. The molecule has 1 saturated carbocycles. The Labute approximate surface area is 194 Å². The molecular weight excluding hydrogens is 428 g/mol. The molecule has 2 aliphatic rings. The van der Waals surface area contributed by atoms with E-state index in [0.717, 1.165) is 57.2 Å². The minimum atomic E-state index is -0.603. The van der Waals surface area contributed by atoms with Crippen molar-refractivity contribution in [3.05, 3.63) is 11.8 Å². The zero-order chi connectivity index (χ0) is 23.4. The second-order valence-corrected chi connectivity index (χ2v) is 12.6. The van der Waals surface area contributed by atoms with Gasteiger partial charge in [-0.15, -0.1) is 0 Å². The molecule has 0 radical (unpaired) electrons. The highest BCUT2D eigenvalue weighted by atomic mass is 32.2. The lowest BCUT2D eigenvalue weighted by molar-refractivity contribution is -0.170. The molecule has 1 aliphatic heterocycles. The van der Waals surface area contributed by atoms with Gasteiger partial charge in [0.2, 0.25) is 11.8 Å². The molecule has 0 bridgehead atoms. The van der Waals surface area contributed by atoms with Crippen molar-refractivity contribution in [3.63, 3.8) is 0 Å². The van der Waals surface area contributed by atoms with E-state index < -0.39 is 4.75 Å². The zero-order valence-electron chi connectivity index (χ0n) is 20.3. The quantitative estimate of drug-likeness (QED) is 0.521. The van der Waals surface area contributed by atoms with Crippen molar-refractivity contribution >= 4 is 28.1 Å². The highest BCUT2D eigenvalue weighted by Gasteiger charge is 2.36. The molecule has 0 spiro atoms. The van der Waals surface area contributed by atoms with Crippen molar-refractivity contribution in [2.45, 2.75) is 100 Å². The summed E-state index contributed by atoms with van der Waals surface area (Å²) in [5.74, 6) is 4.69. The Morgan fingerprint density at radius 2 is 1.94 bits per heavy atom. The topological polar surface area (TPSA) is 82.8 Å². The standard InChI is InChI=1S/C24H40N2O5S/c1-23(2,16-30-21-9-7-8-14-29-21)19-15-20(31-26-19)25-22(27)24(3,4)32(6)18-12-10-17(28-5)11-13-18/h15,17-18,21H,6-14,16H2,1-5H3,(H,25,27). The summed E-state index contributed by atoms with van der Waals surface area (Å²) in [6.07, 6.45) is 7.50. The molecule has 2 unspecified atom stereocenters. The van der Waals surface area contributed by atoms with Gasteiger partial charge in [-0.3, -0.25) is 10.1 Å². The number of ether oxygens (including phenoxy) is 3. The number of rotatable bonds is 9. The maximum absolute atomic E-state index is 13.1. The average molecular weight is 469 g/mol. The van der Waals surface area contributed by atoms with Gasteiger partial charge in [-0.2, -0.15) is 10.5 Å². The first-order valence-electron chi connectivity index (χ1n) is 11.7. The Balaban J connectivity index is 1.56. The van der Waals surface area contributed by atoms with E-state index >= 15 is 0 Å². The minimum Gasteiger partial charge on any atom is -0.381 e. The summed E-state index contributed by atoms with van der Waals surface area (Å²) >= 11 is 0. The van der Waals surface area contributed by atoms with Crippen LogP contribution in [-0.4, -0.2) is 59.6 Å². The van der Waals surface area contributed by atoms with Gasteiger partial charge in [-0.05, 0) is 58.8 Å². The first kappa shape index (κ1) is 25.4. The van der Waals surface area contributed by atoms with E-state index in [1.807, 2.05) is 27.7 Å². The van der Waals surface area contributed by atoms with Crippen LogP contribution in [0.25, 0.3) is 0 Å². The zero-order valence-corrected chi connectivity index (χ0v) is 21.1. The van der Waals surface area contributed by atoms with Gasteiger partial charge in [-0.25, -0.2) is 0 Å². The molecule has 1 aromatic rings. The molecule has 2 heterocycles. The van der Waals surface area contributed by atoms with Crippen LogP contribution in [0.5, 0.6) is 0 Å². The van der Waals surface area contributed by atoms with Gasteiger partial charge in [-0.1, -0.05) is 24.9 Å². The van der Waals surface area contributed by atoms with Crippen LogP contribution in [0.2, 0.25) is 0 Å². The van der Waals surface area contributed by atoms with Crippen LogP contribution < -0.4 is 5.32 Å². The van der Waals surface area contributed by atoms with E-state index in [1.54, 1.807) is 13.2 Å². The fraction of sp³-hybridized carbons (Fsp3) is 0.792. The Kier molecular flexibility index (Phi) is 8.58. The third-order valence-electron chi connectivity index (χ3n) is 6.77. The Morgan fingerprint density at radius 3 is 2.56 bits per heavy atom. The third kappa shape index (κ3) is 6.22. The number of amides is 1. The van der Waals surface area contributed by atoms with E-state index in [0.29, 0.717) is 23.8 Å². The molecule has 2 atom stereocenters. The Morgan fingerprint density at radius 1 is 1.22 bits per heavy atom. The summed E-state index contributed by atoms with van der Waals surface area (Å²) in [7, 11) is 1.46. The monoisotopic (exact) mass is 468 g/mol. The number of aromatic nitrogens is 1. The minimum absolute atomic E-state index is 0.0861. The first-order chi connectivity index (χ1) is 15.1. The molecule has 1 aromatic heterocycles. The summed E-state index contributed by atoms with van der Waals surface area (Å²) in [6.45, 7) is 9.26. The van der Waals surface area contributed by atoms with Crippen LogP contribution in [0.1, 0.15) is 78.3 Å². The van der Waals surface area contributed by atoms with Gasteiger partial charge in [0.15, 0.2) is 6.29 Å². The largest absolute Gasteiger partial charge is 0.381 e. The summed E-state index contributed by atoms with van der Waals surface area (Å²) in [4.78, 5) is 13.1. The highest BCUT2D eigenvalue weighted by Crippen LogP contribution is 2.42. The second-order valence-electron chi connectivity index (χ2n) is 10.1. The molecule has 32 heavy (non-hydrogen) atoms. The summed E-state index contributed by atoms with van der Waals surface area (Å²) in [5.41, 5.74) is 0.382. The smallest absolute Gasteiger partial charge is 0.241 e. The molecule has 0 aromatic carbocycles. The predicted octanol–water partition coefficient (Wildman–Crippen LogP) is 4.87. The fourth-order valence-electron chi connectivity index (χ4n) is 4.22. The SMILES string of the molecule is C=S(C1CCC(OC)CC1)C(C)(C)C(=O)Nc1cc(C(C)(C)COC2CCCCO2)no1. The van der Waals surface area contributed by atoms with Crippen molar-refractivity contribution in [1.82, 2.24) is 5.16 Å². The lowest BCUT2D eigenvalue weighted by Gasteiger charge is -2.36. The number of nitrogens with one attached hydrogen (secondary N) is 1. The normalized spacial score (nSPS) is 26.0. The van der Waals surface area contributed by atoms with Crippen LogP contribution in [0.3, 0.4) is 0 Å². The van der Waals surface area contributed by atoms with Crippen LogP contribution in [0.15, 0.2) is 10.6 Å². The molecule has 1 amide bonds. The second kappa shape index (κ2) is 10.8. The number of methoxy groups -OCH3 is 1. The lowest BCUT2D eigenvalue weighted by atomic mass is 9.90. The van der Waals surface area contributed by atoms with E-state index in [-0.39, 0.29) is 28.1 Å². The highest BCUT2D eigenvalue weighted by molar-refractivity contribution is 8.16. The van der Waals surface area contributed by atoms with E-state index in [2.05, 4.69) is 16.3 Å². The summed E-state index contributed by atoms with van der Waals surface area (Å²) < 4.78 is 21.9. The molecule has 3 rings (SSSR count). The average Bonchev–Trinajstić information content (AvgIpc) is 3.27. The van der Waals surface area contributed by atoms with Crippen molar-refractivity contribution in [2.75, 3.05) is 25.6 Å². The molecule has 2 fully saturated rings. The van der Waals surface area contributed by atoms with Gasteiger partial charge in [0.05, 0.1) is 23.2 Å². The molecule has 7 nitrogen and oxygen atoms in total. The maximum atomic E-state index is 13.1. The van der Waals surface area contributed by atoms with Gasteiger partial charge in [0.25, 0.3) is 0 Å². The number of carbonyl (C=O) groups is 1. The van der Waals surface area contributed by atoms with Crippen LogP contribution in [0.4, 0.5) is 5.88 Å². The molecule has 8 heteroatoms. The van der Waals surface area contributed by atoms with Crippen molar-refractivity contribution in [2.24, 2.45) is 0 Å². The Hall–Kier alpha value is -1.22. The molecule has 1 saturated heterocycles. The molecular formula is C24H40N2O5S. The van der Waals surface area contributed by atoms with Gasteiger partial charge in [0.1, 0.15) is 0 Å². The number of carbonyl (C=O) groups excluding carboxylic acids is 1. The van der Waals surface area contributed by atoms with E-state index in [1.165, 1.54) is 0 Å². The van der Waals surface area contributed by atoms with Crippen molar-refractivity contribution < 1.29 is 23.5 Å². The third-order valence-corrected chi connectivity index (χ3v) is 9.54. The first-order valence-corrected chi connectivity index (χ1v) is 13.2. The summed E-state index contributed by atoms with van der Waals surface area (Å²) in [5, 5.41) is 7.57. The number of hydrogen-bond donors (Lipinski definition) is 1. The fourth-order valence-corrected chi connectivity index (χ4v) is 6.19. The molecule has 1 aliphatic carbocycles. The molecule has 1 N–H and O–H groups in total. The van der Waals surface area contributed by atoms with Gasteiger partial charge >= 0.3 is 0 Å².